The molecule has 140 valence electrons. The van der Waals surface area contributed by atoms with Crippen LogP contribution in [0.1, 0.15) is 36.8 Å². The van der Waals surface area contributed by atoms with Crippen LogP contribution in [0.3, 0.4) is 0 Å². The molecule has 2 N–H and O–H groups in total. The number of nitrogens with one attached hydrogen (secondary N) is 1. The number of halogens is 1. The van der Waals surface area contributed by atoms with Crippen molar-refractivity contribution < 1.29 is 14.7 Å². The van der Waals surface area contributed by atoms with Gasteiger partial charge in [-0.05, 0) is 43.0 Å². The summed E-state index contributed by atoms with van der Waals surface area (Å²) in [4.78, 5) is 25.5. The number of hydrogen-bond donors (Lipinski definition) is 2. The van der Waals surface area contributed by atoms with E-state index in [4.69, 9.17) is 0 Å². The van der Waals surface area contributed by atoms with Gasteiger partial charge in [0, 0.05) is 16.9 Å². The summed E-state index contributed by atoms with van der Waals surface area (Å²) in [7, 11) is 0. The molecule has 3 rings (SSSR count). The molecule has 0 aliphatic heterocycles. The Balaban J connectivity index is 1.94. The van der Waals surface area contributed by atoms with E-state index >= 15 is 0 Å². The second-order valence-electron chi connectivity index (χ2n) is 7.01. The molecule has 0 aromatic heterocycles. The first kappa shape index (κ1) is 19.4. The number of carboxylic acid groups (broad SMARTS) is 1. The van der Waals surface area contributed by atoms with Crippen molar-refractivity contribution in [2.45, 2.75) is 32.2 Å². The third-order valence-electron chi connectivity index (χ3n) is 5.25. The molecule has 0 unspecified atom stereocenters. The minimum Gasteiger partial charge on any atom is -0.480 e. The molecule has 5 heteroatoms. The monoisotopic (exact) mass is 427 g/mol. The minimum absolute atomic E-state index is 0.190. The van der Waals surface area contributed by atoms with Crippen LogP contribution in [0.5, 0.6) is 0 Å². The zero-order valence-corrected chi connectivity index (χ0v) is 16.7. The van der Waals surface area contributed by atoms with E-state index in [1.54, 1.807) is 0 Å². The van der Waals surface area contributed by atoms with E-state index in [0.29, 0.717) is 13.0 Å². The Bertz CT molecular complexity index is 861. The molecule has 0 spiro atoms. The average molecular weight is 428 g/mol. The van der Waals surface area contributed by atoms with Crippen molar-refractivity contribution in [1.29, 1.82) is 0 Å². The van der Waals surface area contributed by atoms with Crippen LogP contribution < -0.4 is 5.32 Å². The van der Waals surface area contributed by atoms with E-state index in [-0.39, 0.29) is 6.42 Å². The number of carbonyl (C=O) groups is 2. The lowest BCUT2D eigenvalue weighted by Crippen LogP contribution is -2.51. The molecule has 1 amide bonds. The number of allylic oxidation sites excluding steroid dienone is 2. The van der Waals surface area contributed by atoms with Gasteiger partial charge in [0.1, 0.15) is 0 Å². The predicted octanol–water partition coefficient (Wildman–Crippen LogP) is 4.66. The Kier molecular flexibility index (Phi) is 5.80. The van der Waals surface area contributed by atoms with Crippen LogP contribution in [0.4, 0.5) is 0 Å². The van der Waals surface area contributed by atoms with Crippen molar-refractivity contribution in [1.82, 2.24) is 5.32 Å². The number of benzene rings is 2. The van der Waals surface area contributed by atoms with Crippen LogP contribution in [0.2, 0.25) is 0 Å². The van der Waals surface area contributed by atoms with Crippen LogP contribution in [0.25, 0.3) is 0 Å². The van der Waals surface area contributed by atoms with Gasteiger partial charge in [-0.3, -0.25) is 9.59 Å². The van der Waals surface area contributed by atoms with Gasteiger partial charge in [0.05, 0.1) is 0 Å². The number of carboxylic acids is 1. The lowest BCUT2D eigenvalue weighted by molar-refractivity contribution is -0.158. The first-order valence-corrected chi connectivity index (χ1v) is 9.69. The number of hydrogen-bond acceptors (Lipinski definition) is 2. The van der Waals surface area contributed by atoms with Crippen molar-refractivity contribution in [3.8, 4) is 0 Å². The Morgan fingerprint density at radius 2 is 1.81 bits per heavy atom. The molecule has 0 saturated heterocycles. The molecule has 0 radical (unpaired) electrons. The smallest absolute Gasteiger partial charge is 0.320 e. The highest BCUT2D eigenvalue weighted by Gasteiger charge is 2.53. The highest BCUT2D eigenvalue weighted by molar-refractivity contribution is 9.10. The van der Waals surface area contributed by atoms with Crippen molar-refractivity contribution in [2.24, 2.45) is 5.41 Å². The van der Waals surface area contributed by atoms with Gasteiger partial charge in [-0.15, -0.1) is 0 Å². The maximum absolute atomic E-state index is 13.2. The summed E-state index contributed by atoms with van der Waals surface area (Å²) in [6, 6.07) is 17.1. The largest absolute Gasteiger partial charge is 0.480 e. The molecule has 27 heavy (non-hydrogen) atoms. The fourth-order valence-electron chi connectivity index (χ4n) is 3.67. The van der Waals surface area contributed by atoms with Gasteiger partial charge in [-0.1, -0.05) is 70.0 Å². The van der Waals surface area contributed by atoms with E-state index in [2.05, 4.69) is 21.2 Å². The van der Waals surface area contributed by atoms with Crippen molar-refractivity contribution in [2.75, 3.05) is 0 Å². The van der Waals surface area contributed by atoms with E-state index in [9.17, 15) is 14.7 Å². The summed E-state index contributed by atoms with van der Waals surface area (Å²) in [6.07, 6.45) is 2.62. The highest BCUT2D eigenvalue weighted by atomic mass is 79.9. The molecule has 2 aromatic carbocycles. The molecule has 0 saturated carbocycles. The molecular formula is C22H22BrNO3. The quantitative estimate of drug-likeness (QED) is 0.538. The number of rotatable bonds is 5. The zero-order chi connectivity index (χ0) is 19.4. The van der Waals surface area contributed by atoms with E-state index < -0.39 is 23.2 Å². The molecular weight excluding hydrogens is 406 g/mol. The molecule has 0 bridgehead atoms. The summed E-state index contributed by atoms with van der Waals surface area (Å²) in [5.41, 5.74) is 1.40. The van der Waals surface area contributed by atoms with Crippen molar-refractivity contribution >= 4 is 27.8 Å². The van der Waals surface area contributed by atoms with E-state index in [1.807, 2.05) is 67.6 Å². The Labute approximate surface area is 167 Å². The van der Waals surface area contributed by atoms with Gasteiger partial charge >= 0.3 is 5.97 Å². The normalized spacial score (nSPS) is 22.0. The maximum atomic E-state index is 13.2. The number of amides is 1. The standard InChI is InChI=1S/C22H22BrNO3/c1-15-11-12-22(21(26)27,19(13-15)17-7-9-18(23)10-8-17)20(25)24-14-16-5-3-2-4-6-16/h2-11,19H,12-14H2,1H3,(H,24,25)(H,26,27)/t19-,22-/m1/s1. The summed E-state index contributed by atoms with van der Waals surface area (Å²) in [5.74, 6) is -1.93. The average Bonchev–Trinajstić information content (AvgIpc) is 2.67. The maximum Gasteiger partial charge on any atom is 0.320 e. The van der Waals surface area contributed by atoms with Crippen molar-refractivity contribution in [3.63, 3.8) is 0 Å². The SMILES string of the molecule is CC1=CC[C@](C(=O)O)(C(=O)NCc2ccccc2)[C@@H](c2ccc(Br)cc2)C1. The van der Waals surface area contributed by atoms with E-state index in [0.717, 1.165) is 21.2 Å². The Morgan fingerprint density at radius 1 is 1.15 bits per heavy atom. The van der Waals surface area contributed by atoms with Gasteiger partial charge in [0.25, 0.3) is 0 Å². The predicted molar refractivity (Wildman–Crippen MR) is 108 cm³/mol. The van der Waals surface area contributed by atoms with Crippen LogP contribution in [0.15, 0.2) is 70.7 Å². The summed E-state index contributed by atoms with van der Waals surface area (Å²) < 4.78 is 0.920. The van der Waals surface area contributed by atoms with Crippen LogP contribution in [-0.4, -0.2) is 17.0 Å². The lowest BCUT2D eigenvalue weighted by atomic mass is 9.63. The summed E-state index contributed by atoms with van der Waals surface area (Å²) >= 11 is 3.41. The lowest BCUT2D eigenvalue weighted by Gasteiger charge is -2.39. The molecule has 0 heterocycles. The fraction of sp³-hybridized carbons (Fsp3) is 0.273. The fourth-order valence-corrected chi connectivity index (χ4v) is 3.94. The molecule has 1 aliphatic carbocycles. The molecule has 4 nitrogen and oxygen atoms in total. The van der Waals surface area contributed by atoms with Crippen molar-refractivity contribution in [3.05, 3.63) is 81.8 Å². The highest BCUT2D eigenvalue weighted by Crippen LogP contribution is 2.47. The first-order chi connectivity index (χ1) is 12.9. The number of aliphatic carboxylic acids is 1. The van der Waals surface area contributed by atoms with Gasteiger partial charge in [-0.2, -0.15) is 0 Å². The van der Waals surface area contributed by atoms with Gasteiger partial charge in [-0.25, -0.2) is 0 Å². The third-order valence-corrected chi connectivity index (χ3v) is 5.78. The van der Waals surface area contributed by atoms with Crippen LogP contribution in [0, 0.1) is 5.41 Å². The topological polar surface area (TPSA) is 66.4 Å². The minimum atomic E-state index is -1.51. The zero-order valence-electron chi connectivity index (χ0n) is 15.1. The molecule has 2 aromatic rings. The summed E-state index contributed by atoms with van der Waals surface area (Å²) in [5, 5.41) is 13.0. The van der Waals surface area contributed by atoms with E-state index in [1.165, 1.54) is 0 Å². The Hall–Kier alpha value is -2.40. The second kappa shape index (κ2) is 8.09. The molecule has 1 aliphatic rings. The van der Waals surface area contributed by atoms with Gasteiger partial charge in [0.2, 0.25) is 5.91 Å². The Morgan fingerprint density at radius 3 is 2.44 bits per heavy atom. The van der Waals surface area contributed by atoms with Crippen LogP contribution >= 0.6 is 15.9 Å². The second-order valence-corrected chi connectivity index (χ2v) is 7.92. The summed E-state index contributed by atoms with van der Waals surface area (Å²) in [6.45, 7) is 2.30. The first-order valence-electron chi connectivity index (χ1n) is 8.90. The molecule has 0 fully saturated rings. The third kappa shape index (κ3) is 3.98. The van der Waals surface area contributed by atoms with Gasteiger partial charge in [0.15, 0.2) is 5.41 Å². The van der Waals surface area contributed by atoms with Gasteiger partial charge < -0.3 is 10.4 Å². The molecule has 2 atom stereocenters. The number of carbonyl (C=O) groups excluding carboxylic acids is 1. The van der Waals surface area contributed by atoms with Crippen LogP contribution in [-0.2, 0) is 16.1 Å².